The first-order chi connectivity index (χ1) is 16.1. The zero-order valence-electron chi connectivity index (χ0n) is 19.6. The molecule has 1 aromatic heterocycles. The lowest BCUT2D eigenvalue weighted by molar-refractivity contribution is 0.0930. The second kappa shape index (κ2) is 10.3. The van der Waals surface area contributed by atoms with Crippen molar-refractivity contribution in [1.82, 2.24) is 15.3 Å². The van der Waals surface area contributed by atoms with Gasteiger partial charge in [-0.15, -0.1) is 0 Å². The molecule has 4 rings (SSSR count). The molecule has 1 amide bonds. The van der Waals surface area contributed by atoms with Crippen molar-refractivity contribution in [3.05, 3.63) is 101 Å². The summed E-state index contributed by atoms with van der Waals surface area (Å²) in [5, 5.41) is 3.28. The van der Waals surface area contributed by atoms with Crippen molar-refractivity contribution in [3.63, 3.8) is 0 Å². The zero-order chi connectivity index (χ0) is 23.2. The number of hydrogen-bond donors (Lipinski definition) is 2. The van der Waals surface area contributed by atoms with E-state index in [1.807, 2.05) is 54.6 Å². The summed E-state index contributed by atoms with van der Waals surface area (Å²) in [6.45, 7) is 6.34. The van der Waals surface area contributed by atoms with Crippen LogP contribution in [0.4, 0.5) is 0 Å². The third-order valence-corrected chi connectivity index (χ3v) is 6.11. The lowest BCUT2D eigenvalue weighted by Crippen LogP contribution is -2.29. The SMILES string of the molecule is CCCCC(NC(=O)c1[nH]c(-c2ccccc2)nc1-c1ccc(C)c(C)c1)c1ccccc1. The monoisotopic (exact) mass is 437 g/mol. The maximum absolute atomic E-state index is 13.6. The van der Waals surface area contributed by atoms with Crippen LogP contribution in [0.3, 0.4) is 0 Å². The molecule has 3 aromatic carbocycles. The Morgan fingerprint density at radius 1 is 0.909 bits per heavy atom. The molecule has 0 saturated heterocycles. The van der Waals surface area contributed by atoms with E-state index >= 15 is 0 Å². The van der Waals surface area contributed by atoms with Gasteiger partial charge in [-0.3, -0.25) is 4.79 Å². The number of nitrogens with one attached hydrogen (secondary N) is 2. The van der Waals surface area contributed by atoms with E-state index in [1.54, 1.807) is 0 Å². The molecular formula is C29H31N3O. The minimum Gasteiger partial charge on any atom is -0.344 e. The smallest absolute Gasteiger partial charge is 0.270 e. The number of rotatable bonds is 8. The third-order valence-electron chi connectivity index (χ3n) is 6.11. The minimum atomic E-state index is -0.136. The molecule has 4 nitrogen and oxygen atoms in total. The van der Waals surface area contributed by atoms with Crippen LogP contribution < -0.4 is 5.32 Å². The van der Waals surface area contributed by atoms with Crippen LogP contribution in [-0.2, 0) is 0 Å². The van der Waals surface area contributed by atoms with Gasteiger partial charge in [-0.2, -0.15) is 0 Å². The highest BCUT2D eigenvalue weighted by molar-refractivity contribution is 5.99. The van der Waals surface area contributed by atoms with E-state index in [2.05, 4.69) is 55.3 Å². The van der Waals surface area contributed by atoms with E-state index in [0.717, 1.165) is 36.0 Å². The van der Waals surface area contributed by atoms with Crippen LogP contribution in [0.2, 0.25) is 0 Å². The number of unbranched alkanes of at least 4 members (excludes halogenated alkanes) is 1. The Morgan fingerprint density at radius 3 is 2.27 bits per heavy atom. The Kier molecular flexibility index (Phi) is 7.04. The Balaban J connectivity index is 1.73. The van der Waals surface area contributed by atoms with Gasteiger partial charge in [0, 0.05) is 11.1 Å². The molecule has 0 aliphatic heterocycles. The molecule has 2 N–H and O–H groups in total. The van der Waals surface area contributed by atoms with Gasteiger partial charge in [-0.25, -0.2) is 4.98 Å². The summed E-state index contributed by atoms with van der Waals surface area (Å²) in [7, 11) is 0. The van der Waals surface area contributed by atoms with Gasteiger partial charge in [0.2, 0.25) is 0 Å². The summed E-state index contributed by atoms with van der Waals surface area (Å²) in [6.07, 6.45) is 3.02. The average Bonchev–Trinajstić information content (AvgIpc) is 3.30. The number of nitrogens with zero attached hydrogens (tertiary/aromatic N) is 1. The molecule has 33 heavy (non-hydrogen) atoms. The molecule has 168 valence electrons. The fraction of sp³-hybridized carbons (Fsp3) is 0.241. The van der Waals surface area contributed by atoms with Crippen molar-refractivity contribution in [2.45, 2.75) is 46.1 Å². The molecule has 0 aliphatic rings. The van der Waals surface area contributed by atoms with Crippen molar-refractivity contribution in [1.29, 1.82) is 0 Å². The van der Waals surface area contributed by atoms with Crippen LogP contribution in [0.5, 0.6) is 0 Å². The first-order valence-corrected chi connectivity index (χ1v) is 11.7. The second-order valence-electron chi connectivity index (χ2n) is 8.55. The Hall–Kier alpha value is -3.66. The molecule has 0 bridgehead atoms. The molecule has 0 saturated carbocycles. The van der Waals surface area contributed by atoms with E-state index in [4.69, 9.17) is 4.98 Å². The van der Waals surface area contributed by atoms with Crippen molar-refractivity contribution >= 4 is 5.91 Å². The fourth-order valence-corrected chi connectivity index (χ4v) is 4.01. The van der Waals surface area contributed by atoms with Crippen molar-refractivity contribution in [3.8, 4) is 22.6 Å². The molecular weight excluding hydrogens is 406 g/mol. The molecule has 1 atom stereocenters. The van der Waals surface area contributed by atoms with Gasteiger partial charge < -0.3 is 10.3 Å². The average molecular weight is 438 g/mol. The number of amides is 1. The number of carbonyl (C=O) groups excluding carboxylic acids is 1. The summed E-state index contributed by atoms with van der Waals surface area (Å²) in [4.78, 5) is 21.8. The Morgan fingerprint density at radius 2 is 1.61 bits per heavy atom. The molecule has 0 fully saturated rings. The Bertz CT molecular complexity index is 1210. The van der Waals surface area contributed by atoms with Crippen molar-refractivity contribution in [2.24, 2.45) is 0 Å². The molecule has 0 radical (unpaired) electrons. The number of benzene rings is 3. The quantitative estimate of drug-likeness (QED) is 0.311. The van der Waals surface area contributed by atoms with Gasteiger partial charge in [0.25, 0.3) is 5.91 Å². The van der Waals surface area contributed by atoms with Gasteiger partial charge in [-0.05, 0) is 43.0 Å². The number of aryl methyl sites for hydroxylation is 2. The third kappa shape index (κ3) is 5.23. The zero-order valence-corrected chi connectivity index (χ0v) is 19.6. The molecule has 0 spiro atoms. The number of carbonyl (C=O) groups is 1. The molecule has 1 heterocycles. The molecule has 4 heteroatoms. The van der Waals surface area contributed by atoms with Crippen LogP contribution in [0, 0.1) is 13.8 Å². The van der Waals surface area contributed by atoms with Crippen LogP contribution in [0.15, 0.2) is 78.9 Å². The summed E-state index contributed by atoms with van der Waals surface area (Å²) in [5.74, 6) is 0.557. The van der Waals surface area contributed by atoms with Crippen LogP contribution >= 0.6 is 0 Å². The van der Waals surface area contributed by atoms with Gasteiger partial charge in [0.1, 0.15) is 17.2 Å². The predicted molar refractivity (Wildman–Crippen MR) is 135 cm³/mol. The molecule has 0 aliphatic carbocycles. The lowest BCUT2D eigenvalue weighted by atomic mass is 10.00. The first-order valence-electron chi connectivity index (χ1n) is 11.7. The van der Waals surface area contributed by atoms with Crippen LogP contribution in [0.25, 0.3) is 22.6 Å². The van der Waals surface area contributed by atoms with Crippen molar-refractivity contribution < 1.29 is 4.79 Å². The lowest BCUT2D eigenvalue weighted by Gasteiger charge is -2.19. The summed E-state index contributed by atoms with van der Waals surface area (Å²) < 4.78 is 0. The molecule has 4 aromatic rings. The van der Waals surface area contributed by atoms with Gasteiger partial charge in [0.05, 0.1) is 6.04 Å². The molecule has 1 unspecified atom stereocenters. The fourth-order valence-electron chi connectivity index (χ4n) is 4.01. The first kappa shape index (κ1) is 22.5. The van der Waals surface area contributed by atoms with E-state index in [1.165, 1.54) is 11.1 Å². The highest BCUT2D eigenvalue weighted by Crippen LogP contribution is 2.29. The van der Waals surface area contributed by atoms with Crippen molar-refractivity contribution in [2.75, 3.05) is 0 Å². The maximum Gasteiger partial charge on any atom is 0.270 e. The second-order valence-corrected chi connectivity index (χ2v) is 8.55. The minimum absolute atomic E-state index is 0.0465. The number of imidazole rings is 1. The summed E-state index contributed by atoms with van der Waals surface area (Å²) >= 11 is 0. The number of hydrogen-bond acceptors (Lipinski definition) is 2. The normalized spacial score (nSPS) is 11.8. The van der Waals surface area contributed by atoms with Crippen LogP contribution in [-0.4, -0.2) is 15.9 Å². The number of aromatic amines is 1. The summed E-state index contributed by atoms with van der Waals surface area (Å²) in [6, 6.07) is 26.3. The van der Waals surface area contributed by atoms with E-state index < -0.39 is 0 Å². The highest BCUT2D eigenvalue weighted by atomic mass is 16.2. The number of H-pyrrole nitrogens is 1. The summed E-state index contributed by atoms with van der Waals surface area (Å²) in [5.41, 5.74) is 6.57. The van der Waals surface area contributed by atoms with E-state index in [-0.39, 0.29) is 11.9 Å². The van der Waals surface area contributed by atoms with Gasteiger partial charge in [0.15, 0.2) is 0 Å². The maximum atomic E-state index is 13.6. The Labute approximate surface area is 196 Å². The van der Waals surface area contributed by atoms with Crippen LogP contribution in [0.1, 0.15) is 59.4 Å². The highest BCUT2D eigenvalue weighted by Gasteiger charge is 2.23. The van der Waals surface area contributed by atoms with E-state index in [0.29, 0.717) is 17.2 Å². The largest absolute Gasteiger partial charge is 0.344 e. The topological polar surface area (TPSA) is 57.8 Å². The standard InChI is InChI=1S/C29H31N3O/c1-4-5-16-25(22-12-8-6-9-13-22)30-29(33)27-26(24-18-17-20(2)21(3)19-24)31-28(32-27)23-14-10-7-11-15-23/h6-15,17-19,25H,4-5,16H2,1-3H3,(H,30,33)(H,31,32). The van der Waals surface area contributed by atoms with Gasteiger partial charge >= 0.3 is 0 Å². The van der Waals surface area contributed by atoms with Gasteiger partial charge in [-0.1, -0.05) is 92.6 Å². The number of aromatic nitrogens is 2. The van der Waals surface area contributed by atoms with E-state index in [9.17, 15) is 4.79 Å². The predicted octanol–water partition coefficient (Wildman–Crippen LogP) is 7.02.